The fourth-order valence-electron chi connectivity index (χ4n) is 2.71. The smallest absolute Gasteiger partial charge is 0.292 e. The minimum atomic E-state index is -0.522. The van der Waals surface area contributed by atoms with Crippen molar-refractivity contribution in [3.63, 3.8) is 0 Å². The summed E-state index contributed by atoms with van der Waals surface area (Å²) in [5.41, 5.74) is 1.32. The number of fused-ring (bicyclic) bond motifs is 1. The first-order valence-electron chi connectivity index (χ1n) is 8.60. The molecule has 0 radical (unpaired) electrons. The Bertz CT molecular complexity index is 984. The van der Waals surface area contributed by atoms with E-state index in [4.69, 9.17) is 9.15 Å². The van der Waals surface area contributed by atoms with Gasteiger partial charge in [-0.05, 0) is 18.6 Å². The molecule has 8 heteroatoms. The van der Waals surface area contributed by atoms with Crippen molar-refractivity contribution in [2.24, 2.45) is 4.99 Å². The summed E-state index contributed by atoms with van der Waals surface area (Å²) in [6.07, 6.45) is 2.02. The molecule has 2 N–H and O–H groups in total. The maximum atomic E-state index is 12.4. The first-order valence-corrected chi connectivity index (χ1v) is 8.60. The largest absolute Gasteiger partial charge is 0.459 e. The Morgan fingerprint density at radius 1 is 1.21 bits per heavy atom. The number of carbonyl (C=O) groups excluding carboxylic acids is 2. The molecule has 1 aromatic carbocycles. The fourth-order valence-corrected chi connectivity index (χ4v) is 2.71. The molecule has 28 heavy (non-hydrogen) atoms. The van der Waals surface area contributed by atoms with Crippen LogP contribution in [0.1, 0.15) is 28.1 Å². The third-order valence-electron chi connectivity index (χ3n) is 4.02. The molecule has 0 atom stereocenters. The number of furan rings is 1. The minimum Gasteiger partial charge on any atom is -0.459 e. The number of nitriles is 1. The lowest BCUT2D eigenvalue weighted by molar-refractivity contribution is -0.117. The van der Waals surface area contributed by atoms with Crippen LogP contribution >= 0.6 is 0 Å². The van der Waals surface area contributed by atoms with Crippen LogP contribution in [0.2, 0.25) is 0 Å². The zero-order valence-electron chi connectivity index (χ0n) is 15.2. The predicted molar refractivity (Wildman–Crippen MR) is 101 cm³/mol. The number of nitrogens with one attached hydrogen (secondary N) is 2. The normalized spacial score (nSPS) is 13.9. The Morgan fingerprint density at radius 3 is 2.68 bits per heavy atom. The van der Waals surface area contributed by atoms with Crippen molar-refractivity contribution >= 4 is 23.3 Å². The summed E-state index contributed by atoms with van der Waals surface area (Å²) in [7, 11) is 1.58. The van der Waals surface area contributed by atoms with Gasteiger partial charge in [0.05, 0.1) is 12.0 Å². The van der Waals surface area contributed by atoms with Gasteiger partial charge in [0.15, 0.2) is 5.76 Å². The summed E-state index contributed by atoms with van der Waals surface area (Å²) in [5.74, 6) is -0.603. The number of carbonyl (C=O) groups is 2. The van der Waals surface area contributed by atoms with Gasteiger partial charge in [0, 0.05) is 31.4 Å². The van der Waals surface area contributed by atoms with Crippen LogP contribution in [-0.2, 0) is 9.53 Å². The van der Waals surface area contributed by atoms with Crippen molar-refractivity contribution in [1.82, 2.24) is 10.6 Å². The van der Waals surface area contributed by atoms with Crippen molar-refractivity contribution in [3.05, 3.63) is 65.1 Å². The van der Waals surface area contributed by atoms with Gasteiger partial charge in [-0.15, -0.1) is 0 Å². The molecule has 2 amide bonds. The molecule has 1 aromatic heterocycles. The van der Waals surface area contributed by atoms with Crippen molar-refractivity contribution < 1.29 is 18.7 Å². The molecule has 0 fully saturated rings. The molecule has 0 saturated carbocycles. The highest BCUT2D eigenvalue weighted by atomic mass is 16.5. The van der Waals surface area contributed by atoms with E-state index in [1.54, 1.807) is 37.4 Å². The van der Waals surface area contributed by atoms with Crippen LogP contribution in [0.4, 0.5) is 0 Å². The van der Waals surface area contributed by atoms with E-state index >= 15 is 0 Å². The topological polar surface area (TPSA) is 117 Å². The van der Waals surface area contributed by atoms with Gasteiger partial charge in [-0.1, -0.05) is 24.3 Å². The summed E-state index contributed by atoms with van der Waals surface area (Å²) >= 11 is 0. The zero-order chi connectivity index (χ0) is 19.9. The van der Waals surface area contributed by atoms with E-state index in [-0.39, 0.29) is 22.9 Å². The number of amidine groups is 1. The average Bonchev–Trinajstić information content (AvgIpc) is 3.36. The van der Waals surface area contributed by atoms with E-state index in [2.05, 4.69) is 15.6 Å². The van der Waals surface area contributed by atoms with Crippen LogP contribution in [0.25, 0.3) is 5.70 Å². The van der Waals surface area contributed by atoms with E-state index in [1.165, 1.54) is 12.3 Å². The Hall–Kier alpha value is -3.70. The monoisotopic (exact) mass is 378 g/mol. The highest BCUT2D eigenvalue weighted by Gasteiger charge is 2.27. The number of methoxy groups -OCH3 is 1. The summed E-state index contributed by atoms with van der Waals surface area (Å²) in [6, 6.07) is 12.1. The van der Waals surface area contributed by atoms with Crippen LogP contribution in [0.15, 0.2) is 57.6 Å². The molecule has 2 aromatic rings. The van der Waals surface area contributed by atoms with Gasteiger partial charge < -0.3 is 19.8 Å². The van der Waals surface area contributed by atoms with Crippen LogP contribution < -0.4 is 10.6 Å². The number of benzene rings is 1. The number of amides is 2. The number of hydrogen-bond donors (Lipinski definition) is 2. The zero-order valence-corrected chi connectivity index (χ0v) is 15.2. The highest BCUT2D eigenvalue weighted by molar-refractivity contribution is 6.20. The molecule has 0 bridgehead atoms. The van der Waals surface area contributed by atoms with Crippen molar-refractivity contribution in [2.75, 3.05) is 20.3 Å². The summed E-state index contributed by atoms with van der Waals surface area (Å²) < 4.78 is 10.0. The highest BCUT2D eigenvalue weighted by Crippen LogP contribution is 2.30. The molecule has 2 heterocycles. The maximum Gasteiger partial charge on any atom is 0.292 e. The van der Waals surface area contributed by atoms with Crippen LogP contribution in [0, 0.1) is 11.3 Å². The molecule has 1 aliphatic heterocycles. The standard InChI is InChI=1S/C20H18N4O4/c1-27-10-5-9-22-19(25)15(12-21)17-13-6-2-3-7-14(13)18(23-17)24-20(26)16-8-4-11-28-16/h2-4,6-8,11H,5,9-10H2,1H3,(H,22,25)(H,23,24,26). The molecule has 0 unspecified atom stereocenters. The molecular formula is C20H18N4O4. The Labute approximate surface area is 161 Å². The lowest BCUT2D eigenvalue weighted by Gasteiger charge is -2.06. The summed E-state index contributed by atoms with van der Waals surface area (Å²) in [4.78, 5) is 29.1. The van der Waals surface area contributed by atoms with E-state index < -0.39 is 11.8 Å². The second kappa shape index (κ2) is 8.79. The van der Waals surface area contributed by atoms with Crippen molar-refractivity contribution in [2.45, 2.75) is 6.42 Å². The molecule has 0 spiro atoms. The van der Waals surface area contributed by atoms with Gasteiger partial charge in [-0.2, -0.15) is 5.26 Å². The molecule has 3 rings (SSSR count). The number of ether oxygens (including phenoxy) is 1. The van der Waals surface area contributed by atoms with Gasteiger partial charge in [-0.25, -0.2) is 4.99 Å². The predicted octanol–water partition coefficient (Wildman–Crippen LogP) is 1.86. The van der Waals surface area contributed by atoms with Gasteiger partial charge in [0.2, 0.25) is 0 Å². The minimum absolute atomic E-state index is 0.118. The SMILES string of the molecule is COCCCNC(=O)C(C#N)=C1N=C(NC(=O)c2ccco2)c2ccccc21. The van der Waals surface area contributed by atoms with Crippen molar-refractivity contribution in [1.29, 1.82) is 5.26 Å². The third kappa shape index (κ3) is 4.00. The lowest BCUT2D eigenvalue weighted by Crippen LogP contribution is -2.30. The van der Waals surface area contributed by atoms with Crippen molar-refractivity contribution in [3.8, 4) is 6.07 Å². The molecular weight excluding hydrogens is 360 g/mol. The van der Waals surface area contributed by atoms with Gasteiger partial charge >= 0.3 is 0 Å². The van der Waals surface area contributed by atoms with E-state index in [0.717, 1.165) is 0 Å². The first kappa shape index (κ1) is 19.1. The first-order chi connectivity index (χ1) is 13.7. The number of aliphatic imine (C=N–C) groups is 1. The van der Waals surface area contributed by atoms with Crippen LogP contribution in [-0.4, -0.2) is 37.9 Å². The molecule has 1 aliphatic rings. The molecule has 0 saturated heterocycles. The Kier molecular flexibility index (Phi) is 5.99. The van der Waals surface area contributed by atoms with Crippen LogP contribution in [0.5, 0.6) is 0 Å². The second-order valence-corrected chi connectivity index (χ2v) is 5.88. The van der Waals surface area contributed by atoms with E-state index in [1.807, 2.05) is 6.07 Å². The van der Waals surface area contributed by atoms with E-state index in [9.17, 15) is 14.9 Å². The van der Waals surface area contributed by atoms with Gasteiger partial charge in [-0.3, -0.25) is 9.59 Å². The average molecular weight is 378 g/mol. The van der Waals surface area contributed by atoms with Gasteiger partial charge in [0.1, 0.15) is 17.5 Å². The van der Waals surface area contributed by atoms with Crippen LogP contribution in [0.3, 0.4) is 0 Å². The summed E-state index contributed by atoms with van der Waals surface area (Å²) in [5, 5.41) is 14.9. The number of rotatable bonds is 6. The maximum absolute atomic E-state index is 12.4. The molecule has 8 nitrogen and oxygen atoms in total. The van der Waals surface area contributed by atoms with Gasteiger partial charge in [0.25, 0.3) is 11.8 Å². The second-order valence-electron chi connectivity index (χ2n) is 5.88. The fraction of sp³-hybridized carbons (Fsp3) is 0.200. The Balaban J connectivity index is 1.90. The molecule has 0 aliphatic carbocycles. The summed E-state index contributed by atoms with van der Waals surface area (Å²) in [6.45, 7) is 0.876. The third-order valence-corrected chi connectivity index (χ3v) is 4.02. The Morgan fingerprint density at radius 2 is 2.00 bits per heavy atom. The number of nitrogens with zero attached hydrogens (tertiary/aromatic N) is 2. The molecule has 142 valence electrons. The quantitative estimate of drug-likeness (QED) is 0.452. The number of hydrogen-bond acceptors (Lipinski definition) is 6. The lowest BCUT2D eigenvalue weighted by atomic mass is 10.0. The van der Waals surface area contributed by atoms with E-state index in [0.29, 0.717) is 30.7 Å².